The monoisotopic (exact) mass is 287 g/mol. The average molecular weight is 287 g/mol. The summed E-state index contributed by atoms with van der Waals surface area (Å²) in [5.41, 5.74) is 1.13. The van der Waals surface area contributed by atoms with Crippen LogP contribution in [0.3, 0.4) is 0 Å². The Bertz CT molecular complexity index is 520. The lowest BCUT2D eigenvalue weighted by Gasteiger charge is -2.09. The second-order valence-corrected chi connectivity index (χ2v) is 5.50. The Kier molecular flexibility index (Phi) is 6.35. The summed E-state index contributed by atoms with van der Waals surface area (Å²) in [6.07, 6.45) is 5.19. The normalized spacial score (nSPS) is 11.1. The van der Waals surface area contributed by atoms with Crippen molar-refractivity contribution in [3.63, 3.8) is 0 Å². The number of hydrogen-bond acceptors (Lipinski definition) is 3. The van der Waals surface area contributed by atoms with Gasteiger partial charge in [-0.3, -0.25) is 0 Å². The number of rotatable bonds is 8. The van der Waals surface area contributed by atoms with E-state index < -0.39 is 0 Å². The highest BCUT2D eigenvalue weighted by molar-refractivity contribution is 7.09. The first-order valence-electron chi connectivity index (χ1n) is 6.98. The minimum Gasteiger partial charge on any atom is -0.492 e. The van der Waals surface area contributed by atoms with Gasteiger partial charge in [0, 0.05) is 23.5 Å². The zero-order valence-corrected chi connectivity index (χ0v) is 12.7. The molecule has 1 aromatic carbocycles. The van der Waals surface area contributed by atoms with Crippen LogP contribution in [-0.4, -0.2) is 19.7 Å². The Balaban J connectivity index is 1.66. The topological polar surface area (TPSA) is 21.3 Å². The largest absolute Gasteiger partial charge is 0.492 e. The van der Waals surface area contributed by atoms with E-state index in [9.17, 15) is 0 Å². The van der Waals surface area contributed by atoms with Crippen LogP contribution in [0, 0.1) is 0 Å². The van der Waals surface area contributed by atoms with Gasteiger partial charge in [-0.15, -0.1) is 11.3 Å². The zero-order valence-electron chi connectivity index (χ0n) is 11.8. The zero-order chi connectivity index (χ0) is 14.0. The Morgan fingerprint density at radius 2 is 2.05 bits per heavy atom. The van der Waals surface area contributed by atoms with Gasteiger partial charge in [-0.25, -0.2) is 0 Å². The van der Waals surface area contributed by atoms with E-state index in [2.05, 4.69) is 35.0 Å². The van der Waals surface area contributed by atoms with Gasteiger partial charge in [0.05, 0.1) is 0 Å². The first-order chi connectivity index (χ1) is 9.90. The van der Waals surface area contributed by atoms with E-state index in [1.807, 2.05) is 42.5 Å². The number of hydrogen-bond donors (Lipinski definition) is 1. The predicted molar refractivity (Wildman–Crippen MR) is 87.5 cm³/mol. The smallest absolute Gasteiger partial charge is 0.126 e. The SMILES string of the molecule is CC=Cc1ccccc1OCCNCCc1cccs1. The fraction of sp³-hybridized carbons (Fsp3) is 0.294. The number of allylic oxidation sites excluding steroid dienone is 1. The fourth-order valence-electron chi connectivity index (χ4n) is 1.95. The van der Waals surface area contributed by atoms with Crippen molar-refractivity contribution < 1.29 is 4.74 Å². The molecule has 0 aliphatic carbocycles. The van der Waals surface area contributed by atoms with E-state index in [4.69, 9.17) is 4.74 Å². The Labute approximate surface area is 125 Å². The molecule has 0 radical (unpaired) electrons. The van der Waals surface area contributed by atoms with Gasteiger partial charge in [0.25, 0.3) is 0 Å². The lowest BCUT2D eigenvalue weighted by Crippen LogP contribution is -2.23. The molecule has 106 valence electrons. The second kappa shape index (κ2) is 8.56. The van der Waals surface area contributed by atoms with Crippen LogP contribution < -0.4 is 10.1 Å². The summed E-state index contributed by atoms with van der Waals surface area (Å²) in [5, 5.41) is 5.53. The first kappa shape index (κ1) is 14.8. The lowest BCUT2D eigenvalue weighted by atomic mass is 10.2. The van der Waals surface area contributed by atoms with Crippen LogP contribution in [-0.2, 0) is 6.42 Å². The predicted octanol–water partition coefficient (Wildman–Crippen LogP) is 3.99. The molecule has 1 aromatic heterocycles. The minimum absolute atomic E-state index is 0.693. The van der Waals surface area contributed by atoms with Crippen molar-refractivity contribution in [1.29, 1.82) is 0 Å². The number of para-hydroxylation sites is 1. The van der Waals surface area contributed by atoms with Gasteiger partial charge in [-0.05, 0) is 30.9 Å². The van der Waals surface area contributed by atoms with Crippen molar-refractivity contribution in [2.24, 2.45) is 0 Å². The molecule has 0 saturated carbocycles. The van der Waals surface area contributed by atoms with Crippen molar-refractivity contribution in [2.75, 3.05) is 19.7 Å². The van der Waals surface area contributed by atoms with Gasteiger partial charge in [0.2, 0.25) is 0 Å². The highest BCUT2D eigenvalue weighted by Crippen LogP contribution is 2.19. The van der Waals surface area contributed by atoms with Gasteiger partial charge in [-0.1, -0.05) is 36.4 Å². The van der Waals surface area contributed by atoms with E-state index in [0.29, 0.717) is 6.61 Å². The van der Waals surface area contributed by atoms with Gasteiger partial charge in [-0.2, -0.15) is 0 Å². The Hall–Kier alpha value is -1.58. The van der Waals surface area contributed by atoms with Crippen LogP contribution in [0.1, 0.15) is 17.4 Å². The van der Waals surface area contributed by atoms with Crippen LogP contribution >= 0.6 is 11.3 Å². The van der Waals surface area contributed by atoms with Crippen LogP contribution in [0.2, 0.25) is 0 Å². The van der Waals surface area contributed by atoms with Crippen molar-refractivity contribution in [3.05, 3.63) is 58.3 Å². The second-order valence-electron chi connectivity index (χ2n) is 4.47. The third kappa shape index (κ3) is 4.83. The van der Waals surface area contributed by atoms with Crippen LogP contribution in [0.15, 0.2) is 47.9 Å². The minimum atomic E-state index is 0.693. The molecule has 0 atom stereocenters. The van der Waals surface area contributed by atoms with Gasteiger partial charge < -0.3 is 10.1 Å². The fourth-order valence-corrected chi connectivity index (χ4v) is 2.66. The first-order valence-corrected chi connectivity index (χ1v) is 7.85. The molecule has 1 N–H and O–H groups in total. The molecule has 0 spiro atoms. The van der Waals surface area contributed by atoms with Gasteiger partial charge in [0.1, 0.15) is 12.4 Å². The summed E-state index contributed by atoms with van der Waals surface area (Å²) in [5.74, 6) is 0.950. The molecule has 0 unspecified atom stereocenters. The van der Waals surface area contributed by atoms with Crippen LogP contribution in [0.5, 0.6) is 5.75 Å². The number of thiophene rings is 1. The van der Waals surface area contributed by atoms with E-state index in [-0.39, 0.29) is 0 Å². The molecule has 2 aromatic rings. The van der Waals surface area contributed by atoms with Gasteiger partial charge in [0.15, 0.2) is 0 Å². The maximum absolute atomic E-state index is 5.82. The highest BCUT2D eigenvalue weighted by Gasteiger charge is 1.99. The van der Waals surface area contributed by atoms with E-state index in [1.165, 1.54) is 4.88 Å². The average Bonchev–Trinajstić information content (AvgIpc) is 2.98. The Morgan fingerprint density at radius 3 is 2.85 bits per heavy atom. The molecule has 1 heterocycles. The highest BCUT2D eigenvalue weighted by atomic mass is 32.1. The lowest BCUT2D eigenvalue weighted by molar-refractivity contribution is 0.314. The molecule has 2 rings (SSSR count). The van der Waals surface area contributed by atoms with E-state index >= 15 is 0 Å². The molecule has 3 heteroatoms. The maximum Gasteiger partial charge on any atom is 0.126 e. The molecule has 0 saturated heterocycles. The van der Waals surface area contributed by atoms with E-state index in [1.54, 1.807) is 0 Å². The summed E-state index contributed by atoms with van der Waals surface area (Å²) in [6, 6.07) is 12.4. The quantitative estimate of drug-likeness (QED) is 0.741. The maximum atomic E-state index is 5.82. The van der Waals surface area contributed by atoms with Crippen molar-refractivity contribution in [2.45, 2.75) is 13.3 Å². The molecular weight excluding hydrogens is 266 g/mol. The summed E-state index contributed by atoms with van der Waals surface area (Å²) in [6.45, 7) is 4.58. The van der Waals surface area contributed by atoms with Crippen molar-refractivity contribution in [3.8, 4) is 5.75 Å². The summed E-state index contributed by atoms with van der Waals surface area (Å²) >= 11 is 1.81. The molecule has 0 amide bonds. The number of ether oxygens (including phenoxy) is 1. The molecule has 20 heavy (non-hydrogen) atoms. The van der Waals surface area contributed by atoms with Gasteiger partial charge >= 0.3 is 0 Å². The van der Waals surface area contributed by atoms with Crippen LogP contribution in [0.25, 0.3) is 6.08 Å². The third-order valence-electron chi connectivity index (χ3n) is 2.93. The molecular formula is C17H21NOS. The standard InChI is InChI=1S/C17H21NOS/c1-2-6-15-7-3-4-9-17(15)19-13-12-18-11-10-16-8-5-14-20-16/h2-9,14,18H,10-13H2,1H3. The summed E-state index contributed by atoms with van der Waals surface area (Å²) in [4.78, 5) is 1.43. The van der Waals surface area contributed by atoms with Crippen LogP contribution in [0.4, 0.5) is 0 Å². The van der Waals surface area contributed by atoms with Crippen molar-refractivity contribution in [1.82, 2.24) is 5.32 Å². The summed E-state index contributed by atoms with van der Waals surface area (Å²) in [7, 11) is 0. The molecule has 0 aliphatic rings. The Morgan fingerprint density at radius 1 is 1.15 bits per heavy atom. The number of benzene rings is 1. The number of nitrogens with one attached hydrogen (secondary N) is 1. The molecule has 2 nitrogen and oxygen atoms in total. The van der Waals surface area contributed by atoms with E-state index in [0.717, 1.165) is 30.8 Å². The summed E-state index contributed by atoms with van der Waals surface area (Å²) < 4.78 is 5.82. The molecule has 0 fully saturated rings. The van der Waals surface area contributed by atoms with Crippen molar-refractivity contribution >= 4 is 17.4 Å². The molecule has 0 bridgehead atoms. The molecule has 0 aliphatic heterocycles. The third-order valence-corrected chi connectivity index (χ3v) is 3.87.